The minimum Gasteiger partial charge on any atom is -0.310 e. The lowest BCUT2D eigenvalue weighted by Gasteiger charge is -2.03. The van der Waals surface area contributed by atoms with E-state index in [1.807, 2.05) is 7.05 Å². The van der Waals surface area contributed by atoms with Gasteiger partial charge in [0.15, 0.2) is 0 Å². The number of aromatic nitrogens is 3. The van der Waals surface area contributed by atoms with E-state index in [2.05, 4.69) is 31.3 Å². The first-order chi connectivity index (χ1) is 7.34. The van der Waals surface area contributed by atoms with E-state index in [1.54, 1.807) is 11.0 Å². The number of hydrogen-bond donors (Lipinski definition) is 1. The molecule has 5 heteroatoms. The van der Waals surface area contributed by atoms with Crippen LogP contribution in [0.25, 0.3) is 0 Å². The lowest BCUT2D eigenvalue weighted by atomic mass is 10.2. The van der Waals surface area contributed by atoms with Crippen molar-refractivity contribution in [2.45, 2.75) is 32.2 Å². The maximum atomic E-state index is 4.15. The number of aryl methyl sites for hydroxylation is 1. The smallest absolute Gasteiger partial charge is 0.140 e. The first-order valence-corrected chi connectivity index (χ1v) is 6.56. The van der Waals surface area contributed by atoms with E-state index in [0.29, 0.717) is 0 Å². The second kappa shape index (κ2) is 7.82. The standard InChI is InChI=1S/C10H19BrN4/c1-15-10(13-9-14-15)8-12-7-5-3-2-4-6-11/h9,12H,2-8H2,1H3. The molecule has 0 aliphatic carbocycles. The summed E-state index contributed by atoms with van der Waals surface area (Å²) in [6, 6.07) is 0. The number of nitrogens with zero attached hydrogens (tertiary/aromatic N) is 3. The largest absolute Gasteiger partial charge is 0.310 e. The molecule has 86 valence electrons. The molecular weight excluding hydrogens is 256 g/mol. The third kappa shape index (κ3) is 5.28. The Labute approximate surface area is 99.6 Å². The van der Waals surface area contributed by atoms with Crippen LogP contribution in [0.4, 0.5) is 0 Å². The fourth-order valence-electron chi connectivity index (χ4n) is 1.38. The average Bonchev–Trinajstić information content (AvgIpc) is 2.63. The number of halogens is 1. The highest BCUT2D eigenvalue weighted by atomic mass is 79.9. The summed E-state index contributed by atoms with van der Waals surface area (Å²) >= 11 is 3.43. The molecule has 0 radical (unpaired) electrons. The van der Waals surface area contributed by atoms with Gasteiger partial charge in [-0.05, 0) is 19.4 Å². The van der Waals surface area contributed by atoms with Crippen LogP contribution in [0.5, 0.6) is 0 Å². The van der Waals surface area contributed by atoms with Gasteiger partial charge in [0, 0.05) is 12.4 Å². The van der Waals surface area contributed by atoms with Crippen molar-refractivity contribution >= 4 is 15.9 Å². The predicted molar refractivity (Wildman–Crippen MR) is 65.0 cm³/mol. The Morgan fingerprint density at radius 1 is 1.33 bits per heavy atom. The van der Waals surface area contributed by atoms with E-state index in [1.165, 1.54) is 25.7 Å². The summed E-state index contributed by atoms with van der Waals surface area (Å²) in [6.45, 7) is 1.88. The molecule has 1 N–H and O–H groups in total. The van der Waals surface area contributed by atoms with Crippen LogP contribution in [0, 0.1) is 0 Å². The van der Waals surface area contributed by atoms with Crippen LogP contribution in [-0.2, 0) is 13.6 Å². The lowest BCUT2D eigenvalue weighted by molar-refractivity contribution is 0.571. The zero-order chi connectivity index (χ0) is 10.9. The van der Waals surface area contributed by atoms with Crippen molar-refractivity contribution in [2.24, 2.45) is 7.05 Å². The molecule has 0 bridgehead atoms. The molecule has 0 aliphatic rings. The summed E-state index contributed by atoms with van der Waals surface area (Å²) in [5.74, 6) is 0.996. The maximum Gasteiger partial charge on any atom is 0.140 e. The molecule has 1 aromatic heterocycles. The van der Waals surface area contributed by atoms with Crippen molar-refractivity contribution in [2.75, 3.05) is 11.9 Å². The molecular formula is C10H19BrN4. The maximum absolute atomic E-state index is 4.15. The topological polar surface area (TPSA) is 42.7 Å². The second-order valence-electron chi connectivity index (χ2n) is 3.58. The monoisotopic (exact) mass is 274 g/mol. The van der Waals surface area contributed by atoms with Crippen LogP contribution >= 0.6 is 15.9 Å². The minimum atomic E-state index is 0.814. The van der Waals surface area contributed by atoms with Crippen LogP contribution in [-0.4, -0.2) is 26.6 Å². The van der Waals surface area contributed by atoms with Gasteiger partial charge in [0.1, 0.15) is 12.2 Å². The zero-order valence-corrected chi connectivity index (χ0v) is 10.8. The lowest BCUT2D eigenvalue weighted by Crippen LogP contribution is -2.17. The predicted octanol–water partition coefficient (Wildman–Crippen LogP) is 1.86. The first kappa shape index (κ1) is 12.6. The van der Waals surface area contributed by atoms with Crippen molar-refractivity contribution in [3.63, 3.8) is 0 Å². The molecule has 0 fully saturated rings. The molecule has 1 rings (SSSR count). The van der Waals surface area contributed by atoms with Gasteiger partial charge in [0.2, 0.25) is 0 Å². The van der Waals surface area contributed by atoms with Crippen molar-refractivity contribution in [1.29, 1.82) is 0 Å². The normalized spacial score (nSPS) is 10.8. The highest BCUT2D eigenvalue weighted by Crippen LogP contribution is 2.01. The quantitative estimate of drug-likeness (QED) is 0.581. The Balaban J connectivity index is 1.96. The first-order valence-electron chi connectivity index (χ1n) is 5.44. The van der Waals surface area contributed by atoms with Crippen LogP contribution < -0.4 is 5.32 Å². The van der Waals surface area contributed by atoms with Crippen LogP contribution in [0.2, 0.25) is 0 Å². The van der Waals surface area contributed by atoms with Gasteiger partial charge in [-0.15, -0.1) is 0 Å². The summed E-state index contributed by atoms with van der Waals surface area (Å²) in [5, 5.41) is 8.51. The Bertz CT molecular complexity index is 262. The summed E-state index contributed by atoms with van der Waals surface area (Å²) in [4.78, 5) is 4.15. The van der Waals surface area contributed by atoms with Gasteiger partial charge in [0.25, 0.3) is 0 Å². The van der Waals surface area contributed by atoms with Crippen molar-refractivity contribution in [3.05, 3.63) is 12.2 Å². The van der Waals surface area contributed by atoms with E-state index in [4.69, 9.17) is 0 Å². The molecule has 1 aromatic rings. The molecule has 0 saturated heterocycles. The molecule has 1 heterocycles. The van der Waals surface area contributed by atoms with Gasteiger partial charge < -0.3 is 5.32 Å². The number of unbranched alkanes of at least 4 members (excludes halogenated alkanes) is 3. The Morgan fingerprint density at radius 3 is 2.80 bits per heavy atom. The molecule has 0 spiro atoms. The van der Waals surface area contributed by atoms with Gasteiger partial charge in [0.05, 0.1) is 6.54 Å². The van der Waals surface area contributed by atoms with E-state index in [9.17, 15) is 0 Å². The van der Waals surface area contributed by atoms with Gasteiger partial charge >= 0.3 is 0 Å². The Morgan fingerprint density at radius 2 is 2.13 bits per heavy atom. The average molecular weight is 275 g/mol. The summed E-state index contributed by atoms with van der Waals surface area (Å²) < 4.78 is 1.80. The molecule has 15 heavy (non-hydrogen) atoms. The van der Waals surface area contributed by atoms with Gasteiger partial charge in [-0.1, -0.05) is 28.8 Å². The van der Waals surface area contributed by atoms with E-state index >= 15 is 0 Å². The van der Waals surface area contributed by atoms with Crippen molar-refractivity contribution in [1.82, 2.24) is 20.1 Å². The third-order valence-corrected chi connectivity index (χ3v) is 2.89. The van der Waals surface area contributed by atoms with Crippen LogP contribution in [0.3, 0.4) is 0 Å². The van der Waals surface area contributed by atoms with Crippen molar-refractivity contribution < 1.29 is 0 Å². The Kier molecular flexibility index (Phi) is 6.59. The van der Waals surface area contributed by atoms with Crippen molar-refractivity contribution in [3.8, 4) is 0 Å². The molecule has 0 unspecified atom stereocenters. The molecule has 0 aliphatic heterocycles. The summed E-state index contributed by atoms with van der Waals surface area (Å²) in [7, 11) is 1.92. The number of hydrogen-bond acceptors (Lipinski definition) is 3. The van der Waals surface area contributed by atoms with E-state index < -0.39 is 0 Å². The minimum absolute atomic E-state index is 0.814. The van der Waals surface area contributed by atoms with Gasteiger partial charge in [-0.3, -0.25) is 4.68 Å². The molecule has 4 nitrogen and oxygen atoms in total. The number of rotatable bonds is 8. The zero-order valence-electron chi connectivity index (χ0n) is 9.25. The van der Waals surface area contributed by atoms with Crippen LogP contribution in [0.1, 0.15) is 31.5 Å². The summed E-state index contributed by atoms with van der Waals surface area (Å²) in [5.41, 5.74) is 0. The highest BCUT2D eigenvalue weighted by molar-refractivity contribution is 9.09. The van der Waals surface area contributed by atoms with Gasteiger partial charge in [-0.2, -0.15) is 5.10 Å². The van der Waals surface area contributed by atoms with Gasteiger partial charge in [-0.25, -0.2) is 4.98 Å². The third-order valence-electron chi connectivity index (χ3n) is 2.33. The Hall–Kier alpha value is -0.420. The highest BCUT2D eigenvalue weighted by Gasteiger charge is 1.98. The van der Waals surface area contributed by atoms with E-state index in [-0.39, 0.29) is 0 Å². The summed E-state index contributed by atoms with van der Waals surface area (Å²) in [6.07, 6.45) is 6.73. The molecule has 0 aromatic carbocycles. The molecule has 0 saturated carbocycles. The second-order valence-corrected chi connectivity index (χ2v) is 4.37. The molecule has 0 amide bonds. The number of nitrogens with one attached hydrogen (secondary N) is 1. The van der Waals surface area contributed by atoms with E-state index in [0.717, 1.165) is 24.2 Å². The molecule has 0 atom stereocenters. The number of alkyl halides is 1. The van der Waals surface area contributed by atoms with Crippen LogP contribution in [0.15, 0.2) is 6.33 Å². The fourth-order valence-corrected chi connectivity index (χ4v) is 1.77. The fraction of sp³-hybridized carbons (Fsp3) is 0.800. The SMILES string of the molecule is Cn1ncnc1CNCCCCCCBr.